The Morgan fingerprint density at radius 3 is 2.55 bits per heavy atom. The fourth-order valence-electron chi connectivity index (χ4n) is 2.70. The van der Waals surface area contributed by atoms with Crippen molar-refractivity contribution in [1.82, 2.24) is 0 Å². The molecule has 1 aliphatic carbocycles. The Morgan fingerprint density at radius 2 is 1.90 bits per heavy atom. The molecule has 3 nitrogen and oxygen atoms in total. The molecule has 1 fully saturated rings. The van der Waals surface area contributed by atoms with Gasteiger partial charge in [0, 0.05) is 7.11 Å². The Labute approximate surface area is 123 Å². The summed E-state index contributed by atoms with van der Waals surface area (Å²) in [5, 5.41) is 0. The van der Waals surface area contributed by atoms with E-state index in [-0.39, 0.29) is 5.97 Å². The fourth-order valence-corrected chi connectivity index (χ4v) is 2.70. The molecule has 1 rings (SSSR count). The normalized spacial score (nSPS) is 17.2. The van der Waals surface area contributed by atoms with E-state index in [1.807, 2.05) is 0 Å². The molecule has 0 N–H and O–H groups in total. The molecule has 0 heterocycles. The lowest BCUT2D eigenvalue weighted by molar-refractivity contribution is -0.139. The monoisotopic (exact) mass is 282 g/mol. The van der Waals surface area contributed by atoms with E-state index in [9.17, 15) is 4.79 Å². The Bertz CT molecular complexity index is 291. The first kappa shape index (κ1) is 17.2. The van der Waals surface area contributed by atoms with Gasteiger partial charge in [-0.1, -0.05) is 51.5 Å². The number of carbonyl (C=O) groups excluding carboxylic acids is 1. The molecule has 0 radical (unpaired) electrons. The van der Waals surface area contributed by atoms with E-state index < -0.39 is 0 Å². The molecule has 0 spiro atoms. The minimum atomic E-state index is -0.186. The Morgan fingerprint density at radius 1 is 1.15 bits per heavy atom. The molecule has 0 aromatic carbocycles. The van der Waals surface area contributed by atoms with Crippen LogP contribution in [-0.2, 0) is 14.3 Å². The third-order valence-electron chi connectivity index (χ3n) is 3.88. The van der Waals surface area contributed by atoms with E-state index in [0.29, 0.717) is 24.7 Å². The van der Waals surface area contributed by atoms with Gasteiger partial charge in [-0.25, -0.2) is 4.79 Å². The number of hydrogen-bond acceptors (Lipinski definition) is 3. The van der Waals surface area contributed by atoms with Gasteiger partial charge >= 0.3 is 5.97 Å². The van der Waals surface area contributed by atoms with Gasteiger partial charge in [-0.05, 0) is 25.2 Å². The van der Waals surface area contributed by atoms with E-state index in [0.717, 1.165) is 12.8 Å². The molecular formula is C17H30O3. The highest BCUT2D eigenvalue weighted by Gasteiger charge is 2.16. The zero-order valence-electron chi connectivity index (χ0n) is 13.2. The van der Waals surface area contributed by atoms with Crippen LogP contribution in [0.3, 0.4) is 0 Å². The highest BCUT2D eigenvalue weighted by molar-refractivity contribution is 5.88. The summed E-state index contributed by atoms with van der Waals surface area (Å²) in [6.45, 7) is 3.07. The first-order valence-electron chi connectivity index (χ1n) is 8.14. The molecule has 0 saturated heterocycles. The summed E-state index contributed by atoms with van der Waals surface area (Å²) in [4.78, 5) is 12.1. The van der Waals surface area contributed by atoms with Crippen molar-refractivity contribution >= 4 is 5.97 Å². The van der Waals surface area contributed by atoms with Gasteiger partial charge in [0.15, 0.2) is 0 Å². The lowest BCUT2D eigenvalue weighted by Crippen LogP contribution is -2.15. The summed E-state index contributed by atoms with van der Waals surface area (Å²) in [7, 11) is 1.63. The van der Waals surface area contributed by atoms with Crippen molar-refractivity contribution < 1.29 is 14.3 Å². The highest BCUT2D eigenvalue weighted by atomic mass is 16.5. The quantitative estimate of drug-likeness (QED) is 0.360. The number of rotatable bonds is 9. The third kappa shape index (κ3) is 7.09. The number of methoxy groups -OCH3 is 1. The van der Waals surface area contributed by atoms with Crippen molar-refractivity contribution in [3.05, 3.63) is 11.6 Å². The molecule has 0 unspecified atom stereocenters. The zero-order chi connectivity index (χ0) is 14.6. The number of carbonyl (C=O) groups is 1. The molecule has 0 aliphatic heterocycles. The average Bonchev–Trinajstić information content (AvgIpc) is 2.47. The van der Waals surface area contributed by atoms with E-state index in [1.165, 1.54) is 44.9 Å². The van der Waals surface area contributed by atoms with E-state index >= 15 is 0 Å². The van der Waals surface area contributed by atoms with Crippen molar-refractivity contribution in [2.75, 3.05) is 20.3 Å². The first-order valence-corrected chi connectivity index (χ1v) is 8.14. The van der Waals surface area contributed by atoms with Gasteiger partial charge in [0.1, 0.15) is 0 Å². The van der Waals surface area contributed by atoms with Crippen LogP contribution >= 0.6 is 0 Å². The van der Waals surface area contributed by atoms with Gasteiger partial charge in [-0.15, -0.1) is 0 Å². The second-order valence-electron chi connectivity index (χ2n) is 5.72. The molecule has 0 aromatic rings. The molecule has 3 heteroatoms. The van der Waals surface area contributed by atoms with E-state index in [4.69, 9.17) is 9.47 Å². The molecule has 0 aromatic heterocycles. The van der Waals surface area contributed by atoms with Crippen molar-refractivity contribution in [2.45, 2.75) is 64.7 Å². The van der Waals surface area contributed by atoms with Crippen LogP contribution < -0.4 is 0 Å². The largest absolute Gasteiger partial charge is 0.462 e. The van der Waals surface area contributed by atoms with Gasteiger partial charge in [0.05, 0.1) is 18.8 Å². The van der Waals surface area contributed by atoms with Crippen molar-refractivity contribution in [2.24, 2.45) is 5.92 Å². The second kappa shape index (κ2) is 10.9. The SMILES string of the molecule is CCCCCCOC(=O)C(=CC1CCCCC1)COC. The van der Waals surface area contributed by atoms with Crippen LogP contribution in [0, 0.1) is 5.92 Å². The predicted molar refractivity (Wildman–Crippen MR) is 81.6 cm³/mol. The summed E-state index contributed by atoms with van der Waals surface area (Å²) in [6, 6.07) is 0. The predicted octanol–water partition coefficient (Wildman–Crippen LogP) is 4.26. The lowest BCUT2D eigenvalue weighted by Gasteiger charge is -2.19. The number of unbranched alkanes of at least 4 members (excludes halogenated alkanes) is 3. The minimum Gasteiger partial charge on any atom is -0.462 e. The summed E-state index contributed by atoms with van der Waals surface area (Å²) >= 11 is 0. The number of allylic oxidation sites excluding steroid dienone is 1. The van der Waals surface area contributed by atoms with Crippen LogP contribution in [0.1, 0.15) is 64.7 Å². The standard InChI is InChI=1S/C17H30O3/c1-3-4-5-9-12-20-17(18)16(14-19-2)13-15-10-7-6-8-11-15/h13,15H,3-12,14H2,1-2H3. The minimum absolute atomic E-state index is 0.186. The smallest absolute Gasteiger partial charge is 0.336 e. The molecule has 1 saturated carbocycles. The average molecular weight is 282 g/mol. The van der Waals surface area contributed by atoms with Crippen LogP contribution in [0.2, 0.25) is 0 Å². The van der Waals surface area contributed by atoms with Crippen LogP contribution in [0.15, 0.2) is 11.6 Å². The summed E-state index contributed by atoms with van der Waals surface area (Å²) < 4.78 is 10.5. The maximum Gasteiger partial charge on any atom is 0.336 e. The molecule has 116 valence electrons. The van der Waals surface area contributed by atoms with E-state index in [2.05, 4.69) is 13.0 Å². The van der Waals surface area contributed by atoms with Crippen LogP contribution in [0.5, 0.6) is 0 Å². The number of ether oxygens (including phenoxy) is 2. The highest BCUT2D eigenvalue weighted by Crippen LogP contribution is 2.25. The Balaban J connectivity index is 2.38. The lowest BCUT2D eigenvalue weighted by atomic mass is 9.88. The Hall–Kier alpha value is -0.830. The maximum absolute atomic E-state index is 12.1. The second-order valence-corrected chi connectivity index (χ2v) is 5.72. The van der Waals surface area contributed by atoms with Crippen LogP contribution in [0.4, 0.5) is 0 Å². The molecular weight excluding hydrogens is 252 g/mol. The summed E-state index contributed by atoms with van der Waals surface area (Å²) in [5.74, 6) is 0.343. The number of esters is 1. The molecule has 0 atom stereocenters. The maximum atomic E-state index is 12.1. The van der Waals surface area contributed by atoms with Gasteiger partial charge in [0.2, 0.25) is 0 Å². The molecule has 1 aliphatic rings. The van der Waals surface area contributed by atoms with Crippen molar-refractivity contribution in [3.8, 4) is 0 Å². The first-order chi connectivity index (χ1) is 9.77. The van der Waals surface area contributed by atoms with Gasteiger partial charge < -0.3 is 9.47 Å². The van der Waals surface area contributed by atoms with Gasteiger partial charge in [-0.3, -0.25) is 0 Å². The fraction of sp³-hybridized carbons (Fsp3) is 0.824. The van der Waals surface area contributed by atoms with Crippen LogP contribution in [0.25, 0.3) is 0 Å². The van der Waals surface area contributed by atoms with Crippen molar-refractivity contribution in [1.29, 1.82) is 0 Å². The van der Waals surface area contributed by atoms with Gasteiger partial charge in [0.25, 0.3) is 0 Å². The topological polar surface area (TPSA) is 35.5 Å². The zero-order valence-corrected chi connectivity index (χ0v) is 13.2. The Kier molecular flexibility index (Phi) is 9.38. The molecule has 20 heavy (non-hydrogen) atoms. The van der Waals surface area contributed by atoms with Crippen LogP contribution in [-0.4, -0.2) is 26.3 Å². The summed E-state index contributed by atoms with van der Waals surface area (Å²) in [5.41, 5.74) is 0.704. The number of hydrogen-bond donors (Lipinski definition) is 0. The van der Waals surface area contributed by atoms with E-state index in [1.54, 1.807) is 7.11 Å². The molecule has 0 bridgehead atoms. The summed E-state index contributed by atoms with van der Waals surface area (Å²) in [6.07, 6.45) is 12.8. The molecule has 0 amide bonds. The van der Waals surface area contributed by atoms with Gasteiger partial charge in [-0.2, -0.15) is 0 Å². The van der Waals surface area contributed by atoms with Crippen molar-refractivity contribution in [3.63, 3.8) is 0 Å². The third-order valence-corrected chi connectivity index (χ3v) is 3.88.